The van der Waals surface area contributed by atoms with Crippen LogP contribution in [0.3, 0.4) is 0 Å². The molecule has 0 fully saturated rings. The van der Waals surface area contributed by atoms with Crippen LogP contribution in [0.4, 0.5) is 0 Å². The van der Waals surface area contributed by atoms with Crippen molar-refractivity contribution in [2.24, 2.45) is 0 Å². The van der Waals surface area contributed by atoms with Gasteiger partial charge in [-0.3, -0.25) is 0 Å². The summed E-state index contributed by atoms with van der Waals surface area (Å²) in [6.07, 6.45) is 0. The van der Waals surface area contributed by atoms with Crippen LogP contribution in [0.25, 0.3) is 0 Å². The van der Waals surface area contributed by atoms with Crippen LogP contribution in [0.2, 0.25) is 0 Å². The SMILES string of the molecule is COc1ccc(C(Cl)c2ccc(C)o2)c(OC)c1OC. The lowest BCUT2D eigenvalue weighted by Crippen LogP contribution is -2.01. The first-order chi connectivity index (χ1) is 9.62. The average molecular weight is 297 g/mol. The Labute approximate surface area is 123 Å². The normalized spacial score (nSPS) is 12.1. The molecule has 0 aliphatic carbocycles. The van der Waals surface area contributed by atoms with Crippen molar-refractivity contribution in [1.82, 2.24) is 0 Å². The molecule has 0 radical (unpaired) electrons. The van der Waals surface area contributed by atoms with Gasteiger partial charge in [0.15, 0.2) is 11.5 Å². The number of benzene rings is 1. The van der Waals surface area contributed by atoms with Gasteiger partial charge in [-0.15, -0.1) is 11.6 Å². The van der Waals surface area contributed by atoms with Crippen LogP contribution in [0.15, 0.2) is 28.7 Å². The van der Waals surface area contributed by atoms with Gasteiger partial charge in [-0.1, -0.05) is 0 Å². The molecule has 0 saturated carbocycles. The van der Waals surface area contributed by atoms with Crippen LogP contribution >= 0.6 is 11.6 Å². The smallest absolute Gasteiger partial charge is 0.203 e. The van der Waals surface area contributed by atoms with Crippen LogP contribution < -0.4 is 14.2 Å². The molecule has 1 atom stereocenters. The molecule has 5 heteroatoms. The number of halogens is 1. The monoisotopic (exact) mass is 296 g/mol. The maximum absolute atomic E-state index is 6.48. The van der Waals surface area contributed by atoms with Gasteiger partial charge in [0.1, 0.15) is 16.9 Å². The topological polar surface area (TPSA) is 40.8 Å². The molecule has 108 valence electrons. The number of hydrogen-bond acceptors (Lipinski definition) is 4. The fourth-order valence-electron chi connectivity index (χ4n) is 2.07. The lowest BCUT2D eigenvalue weighted by atomic mass is 10.1. The zero-order chi connectivity index (χ0) is 14.7. The number of hydrogen-bond donors (Lipinski definition) is 0. The minimum Gasteiger partial charge on any atom is -0.493 e. The van der Waals surface area contributed by atoms with Crippen LogP contribution in [0.1, 0.15) is 22.5 Å². The highest BCUT2D eigenvalue weighted by Crippen LogP contribution is 2.45. The molecule has 0 saturated heterocycles. The van der Waals surface area contributed by atoms with E-state index in [0.29, 0.717) is 23.0 Å². The first-order valence-corrected chi connectivity index (χ1v) is 6.55. The molecule has 0 spiro atoms. The van der Waals surface area contributed by atoms with Gasteiger partial charge < -0.3 is 18.6 Å². The summed E-state index contributed by atoms with van der Waals surface area (Å²) in [5, 5.41) is -0.460. The summed E-state index contributed by atoms with van der Waals surface area (Å²) in [6.45, 7) is 1.87. The Morgan fingerprint density at radius 2 is 1.65 bits per heavy atom. The van der Waals surface area contributed by atoms with Crippen molar-refractivity contribution in [3.05, 3.63) is 41.3 Å². The molecule has 0 aliphatic rings. The standard InChI is InChI=1S/C15H17ClO4/c1-9-5-7-11(20-9)13(16)10-6-8-12(17-2)15(19-4)14(10)18-3/h5-8,13H,1-4H3. The molecule has 1 aromatic heterocycles. The second kappa shape index (κ2) is 6.09. The van der Waals surface area contributed by atoms with E-state index in [9.17, 15) is 0 Å². The molecule has 20 heavy (non-hydrogen) atoms. The Morgan fingerprint density at radius 1 is 0.950 bits per heavy atom. The minimum atomic E-state index is -0.460. The Balaban J connectivity index is 2.51. The number of ether oxygens (including phenoxy) is 3. The Morgan fingerprint density at radius 3 is 2.15 bits per heavy atom. The van der Waals surface area contributed by atoms with Crippen molar-refractivity contribution < 1.29 is 18.6 Å². The molecule has 0 amide bonds. The van der Waals surface area contributed by atoms with E-state index >= 15 is 0 Å². The van der Waals surface area contributed by atoms with Crippen LogP contribution in [-0.2, 0) is 0 Å². The Hall–Kier alpha value is -1.81. The lowest BCUT2D eigenvalue weighted by molar-refractivity contribution is 0.322. The highest BCUT2D eigenvalue weighted by molar-refractivity contribution is 6.22. The summed E-state index contributed by atoms with van der Waals surface area (Å²) < 4.78 is 21.6. The third kappa shape index (κ3) is 2.56. The van der Waals surface area contributed by atoms with Crippen molar-refractivity contribution in [3.8, 4) is 17.2 Å². The maximum atomic E-state index is 6.48. The van der Waals surface area contributed by atoms with Crippen molar-refractivity contribution in [2.75, 3.05) is 21.3 Å². The second-order valence-electron chi connectivity index (χ2n) is 4.23. The molecule has 2 aromatic rings. The molecule has 1 unspecified atom stereocenters. The van der Waals surface area contributed by atoms with Crippen molar-refractivity contribution in [3.63, 3.8) is 0 Å². The molecule has 2 rings (SSSR count). The van der Waals surface area contributed by atoms with Gasteiger partial charge in [0.05, 0.1) is 21.3 Å². The maximum Gasteiger partial charge on any atom is 0.203 e. The molecule has 1 heterocycles. The molecule has 0 bridgehead atoms. The number of alkyl halides is 1. The summed E-state index contributed by atoms with van der Waals surface area (Å²) >= 11 is 6.48. The van der Waals surface area contributed by atoms with Gasteiger partial charge in [-0.25, -0.2) is 0 Å². The van der Waals surface area contributed by atoms with Crippen molar-refractivity contribution >= 4 is 11.6 Å². The van der Waals surface area contributed by atoms with Gasteiger partial charge in [0, 0.05) is 5.56 Å². The number of methoxy groups -OCH3 is 3. The predicted octanol–water partition coefficient (Wildman–Crippen LogP) is 3.94. The minimum absolute atomic E-state index is 0.460. The summed E-state index contributed by atoms with van der Waals surface area (Å²) in [7, 11) is 4.70. The predicted molar refractivity (Wildman–Crippen MR) is 77.2 cm³/mol. The van der Waals surface area contributed by atoms with E-state index in [1.54, 1.807) is 27.4 Å². The van der Waals surface area contributed by atoms with Crippen LogP contribution in [0.5, 0.6) is 17.2 Å². The third-order valence-corrected chi connectivity index (χ3v) is 3.47. The van der Waals surface area contributed by atoms with E-state index in [1.165, 1.54) is 0 Å². The third-order valence-electron chi connectivity index (χ3n) is 3.02. The van der Waals surface area contributed by atoms with Gasteiger partial charge in [-0.2, -0.15) is 0 Å². The number of furan rings is 1. The fraction of sp³-hybridized carbons (Fsp3) is 0.333. The van der Waals surface area contributed by atoms with Gasteiger partial charge >= 0.3 is 0 Å². The molecule has 1 aromatic carbocycles. The van der Waals surface area contributed by atoms with E-state index in [1.807, 2.05) is 25.1 Å². The summed E-state index contributed by atoms with van der Waals surface area (Å²) in [4.78, 5) is 0. The zero-order valence-corrected chi connectivity index (χ0v) is 12.7. The molecule has 0 N–H and O–H groups in total. The number of aryl methyl sites for hydroxylation is 1. The Kier molecular flexibility index (Phi) is 4.45. The Bertz CT molecular complexity index is 592. The zero-order valence-electron chi connectivity index (χ0n) is 11.9. The van der Waals surface area contributed by atoms with Gasteiger partial charge in [0.25, 0.3) is 0 Å². The van der Waals surface area contributed by atoms with E-state index in [2.05, 4.69) is 0 Å². The van der Waals surface area contributed by atoms with Crippen LogP contribution in [0, 0.1) is 6.92 Å². The van der Waals surface area contributed by atoms with Gasteiger partial charge in [0.2, 0.25) is 5.75 Å². The van der Waals surface area contributed by atoms with E-state index < -0.39 is 5.38 Å². The highest BCUT2D eigenvalue weighted by atomic mass is 35.5. The largest absolute Gasteiger partial charge is 0.493 e. The summed E-state index contributed by atoms with van der Waals surface area (Å²) in [5.74, 6) is 3.12. The average Bonchev–Trinajstić information content (AvgIpc) is 2.91. The summed E-state index contributed by atoms with van der Waals surface area (Å²) in [6, 6.07) is 7.36. The fourth-order valence-corrected chi connectivity index (χ4v) is 2.36. The first-order valence-electron chi connectivity index (χ1n) is 6.11. The van der Waals surface area contributed by atoms with E-state index in [0.717, 1.165) is 11.3 Å². The second-order valence-corrected chi connectivity index (χ2v) is 4.67. The number of rotatable bonds is 5. The molecular weight excluding hydrogens is 280 g/mol. The van der Waals surface area contributed by atoms with Crippen molar-refractivity contribution in [2.45, 2.75) is 12.3 Å². The first kappa shape index (κ1) is 14.6. The molecular formula is C15H17ClO4. The summed E-state index contributed by atoms with van der Waals surface area (Å²) in [5.41, 5.74) is 0.765. The van der Waals surface area contributed by atoms with Crippen molar-refractivity contribution in [1.29, 1.82) is 0 Å². The lowest BCUT2D eigenvalue weighted by Gasteiger charge is -2.17. The van der Waals surface area contributed by atoms with Crippen LogP contribution in [-0.4, -0.2) is 21.3 Å². The highest BCUT2D eigenvalue weighted by Gasteiger charge is 2.23. The van der Waals surface area contributed by atoms with Gasteiger partial charge in [-0.05, 0) is 31.2 Å². The molecule has 4 nitrogen and oxygen atoms in total. The van der Waals surface area contributed by atoms with E-state index in [-0.39, 0.29) is 0 Å². The molecule has 0 aliphatic heterocycles. The van der Waals surface area contributed by atoms with E-state index in [4.69, 9.17) is 30.2 Å². The quantitative estimate of drug-likeness (QED) is 0.784.